The molecule has 0 saturated heterocycles. The van der Waals surface area contributed by atoms with E-state index in [1.54, 1.807) is 18.2 Å². The summed E-state index contributed by atoms with van der Waals surface area (Å²) < 4.78 is 1.20. The van der Waals surface area contributed by atoms with E-state index in [9.17, 15) is 9.59 Å². The highest BCUT2D eigenvalue weighted by molar-refractivity contribution is 5.83. The number of amides is 1. The second kappa shape index (κ2) is 3.77. The van der Waals surface area contributed by atoms with Crippen molar-refractivity contribution in [1.82, 2.24) is 9.66 Å². The van der Waals surface area contributed by atoms with Gasteiger partial charge in [0.1, 0.15) is 6.33 Å². The molecule has 16 heavy (non-hydrogen) atoms. The average molecular weight is 217 g/mol. The Hall–Kier alpha value is -2.17. The molecule has 0 unspecified atom stereocenters. The van der Waals surface area contributed by atoms with Crippen LogP contribution >= 0.6 is 0 Å². The molecule has 0 aliphatic heterocycles. The van der Waals surface area contributed by atoms with Crippen LogP contribution in [0.2, 0.25) is 0 Å². The Bertz CT molecular complexity index is 603. The molecule has 0 aliphatic rings. The molecule has 0 aliphatic carbocycles. The summed E-state index contributed by atoms with van der Waals surface area (Å²) in [6.45, 7) is 1.39. The summed E-state index contributed by atoms with van der Waals surface area (Å²) in [5.41, 5.74) is 0.379. The summed E-state index contributed by atoms with van der Waals surface area (Å²) in [4.78, 5) is 27.3. The van der Waals surface area contributed by atoms with Gasteiger partial charge in [0.15, 0.2) is 0 Å². The van der Waals surface area contributed by atoms with E-state index in [2.05, 4.69) is 4.98 Å². The first kappa shape index (κ1) is 10.4. The number of rotatable bonds is 1. The maximum atomic E-state index is 12.0. The number of nitrogens with zero attached hydrogens (tertiary/aromatic N) is 3. The molecule has 0 bridgehead atoms. The van der Waals surface area contributed by atoms with Crippen molar-refractivity contribution in [3.63, 3.8) is 0 Å². The fourth-order valence-electron chi connectivity index (χ4n) is 1.43. The molecule has 1 aromatic carbocycles. The van der Waals surface area contributed by atoms with Crippen molar-refractivity contribution in [3.05, 3.63) is 40.9 Å². The number of hydrogen-bond donors (Lipinski definition) is 0. The van der Waals surface area contributed by atoms with Crippen LogP contribution in [0.15, 0.2) is 35.4 Å². The number of carbonyl (C=O) groups is 1. The van der Waals surface area contributed by atoms with Gasteiger partial charge in [0.2, 0.25) is 5.91 Å². The fraction of sp³-hybridized carbons (Fsp3) is 0.182. The molecule has 5 heteroatoms. The fourth-order valence-corrected chi connectivity index (χ4v) is 1.43. The number of aromatic nitrogens is 2. The smallest absolute Gasteiger partial charge is 0.273 e. The first-order chi connectivity index (χ1) is 7.61. The Morgan fingerprint density at radius 3 is 2.75 bits per heavy atom. The van der Waals surface area contributed by atoms with Crippen molar-refractivity contribution in [1.29, 1.82) is 0 Å². The van der Waals surface area contributed by atoms with E-state index in [0.717, 1.165) is 0 Å². The van der Waals surface area contributed by atoms with E-state index in [1.165, 1.54) is 30.0 Å². The zero-order chi connectivity index (χ0) is 11.7. The summed E-state index contributed by atoms with van der Waals surface area (Å²) in [5, 5.41) is 1.72. The molecular formula is C11H11N3O2. The minimum atomic E-state index is -0.247. The van der Waals surface area contributed by atoms with E-state index in [-0.39, 0.29) is 11.5 Å². The summed E-state index contributed by atoms with van der Waals surface area (Å²) in [6, 6.07) is 7.03. The Kier molecular flexibility index (Phi) is 2.44. The van der Waals surface area contributed by atoms with Crippen molar-refractivity contribution >= 4 is 16.8 Å². The van der Waals surface area contributed by atoms with Gasteiger partial charge in [0.05, 0.1) is 10.9 Å². The minimum Gasteiger partial charge on any atom is -0.273 e. The van der Waals surface area contributed by atoms with Gasteiger partial charge in [-0.25, -0.2) is 14.7 Å². The molecule has 0 radical (unpaired) electrons. The maximum absolute atomic E-state index is 12.0. The SMILES string of the molecule is CC(=O)N(C)n1cnc2ccccc2c1=O. The Balaban J connectivity index is 2.70. The molecule has 5 nitrogen and oxygen atoms in total. The van der Waals surface area contributed by atoms with Crippen LogP contribution in [-0.2, 0) is 4.79 Å². The number of benzene rings is 1. The van der Waals surface area contributed by atoms with Gasteiger partial charge in [0, 0.05) is 14.0 Å². The lowest BCUT2D eigenvalue weighted by atomic mass is 10.2. The summed E-state index contributed by atoms with van der Waals surface area (Å²) in [5.74, 6) is -0.223. The van der Waals surface area contributed by atoms with Crippen LogP contribution in [0.25, 0.3) is 10.9 Å². The van der Waals surface area contributed by atoms with Crippen LogP contribution in [0.4, 0.5) is 0 Å². The van der Waals surface area contributed by atoms with Crippen molar-refractivity contribution in [2.45, 2.75) is 6.92 Å². The van der Waals surface area contributed by atoms with E-state index in [4.69, 9.17) is 0 Å². The molecule has 0 spiro atoms. The molecule has 0 N–H and O–H groups in total. The number of hydrogen-bond acceptors (Lipinski definition) is 3. The lowest BCUT2D eigenvalue weighted by Gasteiger charge is -2.16. The van der Waals surface area contributed by atoms with E-state index in [0.29, 0.717) is 10.9 Å². The van der Waals surface area contributed by atoms with Crippen molar-refractivity contribution < 1.29 is 4.79 Å². The average Bonchev–Trinajstić information content (AvgIpc) is 2.29. The first-order valence-corrected chi connectivity index (χ1v) is 4.82. The zero-order valence-electron chi connectivity index (χ0n) is 9.04. The van der Waals surface area contributed by atoms with Gasteiger partial charge in [-0.2, -0.15) is 0 Å². The van der Waals surface area contributed by atoms with Gasteiger partial charge in [-0.15, -0.1) is 0 Å². The van der Waals surface area contributed by atoms with Gasteiger partial charge >= 0.3 is 0 Å². The van der Waals surface area contributed by atoms with Crippen LogP contribution in [-0.4, -0.2) is 22.6 Å². The lowest BCUT2D eigenvalue weighted by Crippen LogP contribution is -2.42. The molecule has 0 atom stereocenters. The highest BCUT2D eigenvalue weighted by Crippen LogP contribution is 2.04. The van der Waals surface area contributed by atoms with Gasteiger partial charge in [-0.3, -0.25) is 9.59 Å². The standard InChI is InChI=1S/C11H11N3O2/c1-8(15)13(2)14-7-12-10-6-4-3-5-9(10)11(14)16/h3-7H,1-2H3. The molecule has 1 heterocycles. The third-order valence-electron chi connectivity index (χ3n) is 2.43. The van der Waals surface area contributed by atoms with Gasteiger partial charge in [-0.1, -0.05) is 12.1 Å². The molecule has 1 amide bonds. The second-order valence-electron chi connectivity index (χ2n) is 3.45. The third-order valence-corrected chi connectivity index (χ3v) is 2.43. The second-order valence-corrected chi connectivity index (χ2v) is 3.45. The highest BCUT2D eigenvalue weighted by atomic mass is 16.2. The molecule has 82 valence electrons. The van der Waals surface area contributed by atoms with Crippen molar-refractivity contribution in [2.24, 2.45) is 0 Å². The number of carbonyl (C=O) groups excluding carboxylic acids is 1. The quantitative estimate of drug-likeness (QED) is 0.699. The predicted molar refractivity (Wildman–Crippen MR) is 60.8 cm³/mol. The number of fused-ring (bicyclic) bond motifs is 1. The topological polar surface area (TPSA) is 55.2 Å². The Morgan fingerprint density at radius 1 is 1.38 bits per heavy atom. The van der Waals surface area contributed by atoms with Crippen LogP contribution in [0.5, 0.6) is 0 Å². The van der Waals surface area contributed by atoms with Gasteiger partial charge < -0.3 is 0 Å². The molecule has 2 rings (SSSR count). The summed E-state index contributed by atoms with van der Waals surface area (Å²) in [6.07, 6.45) is 1.35. The van der Waals surface area contributed by atoms with E-state index < -0.39 is 0 Å². The van der Waals surface area contributed by atoms with Crippen LogP contribution in [0.3, 0.4) is 0 Å². The van der Waals surface area contributed by atoms with E-state index in [1.807, 2.05) is 6.07 Å². The maximum Gasteiger partial charge on any atom is 0.280 e. The van der Waals surface area contributed by atoms with E-state index >= 15 is 0 Å². The number of para-hydroxylation sites is 1. The minimum absolute atomic E-state index is 0.223. The van der Waals surface area contributed by atoms with Crippen molar-refractivity contribution in [2.75, 3.05) is 12.1 Å². The highest BCUT2D eigenvalue weighted by Gasteiger charge is 2.09. The van der Waals surface area contributed by atoms with Gasteiger partial charge in [-0.05, 0) is 12.1 Å². The van der Waals surface area contributed by atoms with Crippen LogP contribution < -0.4 is 10.6 Å². The monoisotopic (exact) mass is 217 g/mol. The van der Waals surface area contributed by atoms with Crippen LogP contribution in [0.1, 0.15) is 6.92 Å². The van der Waals surface area contributed by atoms with Gasteiger partial charge in [0.25, 0.3) is 5.56 Å². The molecule has 0 fully saturated rings. The molecular weight excluding hydrogens is 206 g/mol. The molecule has 1 aromatic heterocycles. The molecule has 2 aromatic rings. The Morgan fingerprint density at radius 2 is 2.06 bits per heavy atom. The summed E-state index contributed by atoms with van der Waals surface area (Å²) >= 11 is 0. The largest absolute Gasteiger partial charge is 0.280 e. The zero-order valence-corrected chi connectivity index (χ0v) is 9.04. The lowest BCUT2D eigenvalue weighted by molar-refractivity contribution is -0.117. The Labute approximate surface area is 91.9 Å². The normalized spacial score (nSPS) is 10.4. The predicted octanol–water partition coefficient (Wildman–Crippen LogP) is 0.511. The third kappa shape index (κ3) is 1.56. The molecule has 0 saturated carbocycles. The van der Waals surface area contributed by atoms with Crippen LogP contribution in [0, 0.1) is 0 Å². The van der Waals surface area contributed by atoms with Crippen molar-refractivity contribution in [3.8, 4) is 0 Å². The summed E-state index contributed by atoms with van der Waals surface area (Å²) in [7, 11) is 1.53. The first-order valence-electron chi connectivity index (χ1n) is 4.82.